The van der Waals surface area contributed by atoms with Crippen LogP contribution in [0.15, 0.2) is 18.0 Å². The highest BCUT2D eigenvalue weighted by Crippen LogP contribution is 2.06. The minimum Gasteiger partial charge on any atom is -0.356 e. The van der Waals surface area contributed by atoms with E-state index in [1.54, 1.807) is 6.08 Å². The molecule has 1 unspecified atom stereocenters. The molecule has 0 saturated carbocycles. The van der Waals surface area contributed by atoms with Crippen molar-refractivity contribution in [3.05, 3.63) is 17.6 Å². The molecule has 0 heterocycles. The maximum absolute atomic E-state index is 9.56. The smallest absolute Gasteiger partial charge is 0.155 e. The summed E-state index contributed by atoms with van der Waals surface area (Å²) in [6, 6.07) is 0. The first-order valence-corrected chi connectivity index (χ1v) is 2.83. The zero-order chi connectivity index (χ0) is 7.28. The van der Waals surface area contributed by atoms with Crippen LogP contribution in [0, 0.1) is 10.8 Å². The second-order valence-corrected chi connectivity index (χ2v) is 2.12. The van der Waals surface area contributed by atoms with Gasteiger partial charge in [0.15, 0.2) is 11.4 Å². The molecule has 0 saturated heterocycles. The van der Waals surface area contributed by atoms with Gasteiger partial charge in [-0.1, -0.05) is 20.4 Å². The molecule has 52 valence electrons. The molecule has 9 heavy (non-hydrogen) atoms. The molecule has 0 aliphatic carbocycles. The van der Waals surface area contributed by atoms with Crippen molar-refractivity contribution in [1.29, 1.82) is 0 Å². The Hall–Kier alpha value is -0.860. The summed E-state index contributed by atoms with van der Waals surface area (Å²) in [4.78, 5) is 14.0. The highest BCUT2D eigenvalue weighted by Gasteiger charge is 2.09. The minimum absolute atomic E-state index is 0.248. The topological polar surface area (TPSA) is 38.7 Å². The predicted octanol–water partition coefficient (Wildman–Crippen LogP) is 1.90. The van der Waals surface area contributed by atoms with Gasteiger partial charge >= 0.3 is 0 Å². The van der Waals surface area contributed by atoms with Crippen molar-refractivity contribution in [2.45, 2.75) is 20.0 Å². The molecule has 0 N–H and O–H groups in total. The molecule has 0 spiro atoms. The zero-order valence-corrected chi connectivity index (χ0v) is 5.70. The van der Waals surface area contributed by atoms with Gasteiger partial charge in [0.05, 0.1) is 0 Å². The van der Waals surface area contributed by atoms with Crippen LogP contribution in [0.2, 0.25) is 0 Å². The fourth-order valence-corrected chi connectivity index (χ4v) is 0.487. The van der Waals surface area contributed by atoms with Crippen LogP contribution in [-0.4, -0.2) is 6.10 Å². The second-order valence-electron chi connectivity index (χ2n) is 2.12. The highest BCUT2D eigenvalue weighted by atomic mass is 16.7. The summed E-state index contributed by atoms with van der Waals surface area (Å²) in [7, 11) is 0. The van der Waals surface area contributed by atoms with E-state index < -0.39 is 0 Å². The van der Waals surface area contributed by atoms with Crippen molar-refractivity contribution in [3.63, 3.8) is 0 Å². The van der Waals surface area contributed by atoms with Gasteiger partial charge in [-0.3, -0.25) is 0 Å². The Morgan fingerprint density at radius 1 is 1.67 bits per heavy atom. The van der Waals surface area contributed by atoms with Crippen molar-refractivity contribution >= 4 is 0 Å². The van der Waals surface area contributed by atoms with E-state index in [9.17, 15) is 4.91 Å². The van der Waals surface area contributed by atoms with E-state index in [1.807, 2.05) is 13.8 Å². The fraction of sp³-hybridized carbons (Fsp3) is 0.667. The summed E-state index contributed by atoms with van der Waals surface area (Å²) < 4.78 is 0. The van der Waals surface area contributed by atoms with E-state index in [1.165, 1.54) is 0 Å². The van der Waals surface area contributed by atoms with Crippen LogP contribution in [-0.2, 0) is 4.84 Å². The lowest BCUT2D eigenvalue weighted by Gasteiger charge is -2.10. The van der Waals surface area contributed by atoms with Gasteiger partial charge in [0.1, 0.15) is 0 Å². The third-order valence-corrected chi connectivity index (χ3v) is 1.05. The summed E-state index contributed by atoms with van der Waals surface area (Å²) >= 11 is 0. The van der Waals surface area contributed by atoms with Crippen molar-refractivity contribution in [1.82, 2.24) is 0 Å². The molecule has 0 amide bonds. The molecule has 0 aromatic carbocycles. The largest absolute Gasteiger partial charge is 0.356 e. The summed E-state index contributed by atoms with van der Waals surface area (Å²) in [5, 5.41) is 2.31. The lowest BCUT2D eigenvalue weighted by Crippen LogP contribution is -2.13. The molecule has 0 aliphatic heterocycles. The Labute approximate surface area is 54.6 Å². The van der Waals surface area contributed by atoms with E-state index in [4.69, 9.17) is 0 Å². The molecule has 0 fully saturated rings. The second kappa shape index (κ2) is 4.06. The Balaban J connectivity index is 3.66. The molecule has 3 heteroatoms. The molecule has 0 bridgehead atoms. The molecule has 0 aromatic heterocycles. The van der Waals surface area contributed by atoms with Crippen LogP contribution < -0.4 is 0 Å². The van der Waals surface area contributed by atoms with Gasteiger partial charge in [-0.2, -0.15) is 0 Å². The summed E-state index contributed by atoms with van der Waals surface area (Å²) in [5.41, 5.74) is 0. The maximum Gasteiger partial charge on any atom is 0.155 e. The van der Waals surface area contributed by atoms with Gasteiger partial charge in [-0.05, 0) is 12.0 Å². The zero-order valence-electron chi connectivity index (χ0n) is 5.70. The van der Waals surface area contributed by atoms with Gasteiger partial charge in [0.2, 0.25) is 0 Å². The van der Waals surface area contributed by atoms with Gasteiger partial charge < -0.3 is 4.84 Å². The van der Waals surface area contributed by atoms with Gasteiger partial charge in [0.25, 0.3) is 0 Å². The molecule has 0 rings (SSSR count). The van der Waals surface area contributed by atoms with Crippen molar-refractivity contribution in [2.75, 3.05) is 0 Å². The molecule has 0 aliphatic rings. The Bertz CT molecular complexity index is 101. The van der Waals surface area contributed by atoms with Crippen LogP contribution in [0.25, 0.3) is 0 Å². The maximum atomic E-state index is 9.56. The van der Waals surface area contributed by atoms with Crippen LogP contribution in [0.5, 0.6) is 0 Å². The van der Waals surface area contributed by atoms with Gasteiger partial charge in [-0.15, -0.1) is 4.91 Å². The molecular weight excluding hydrogens is 118 g/mol. The normalized spacial score (nSPS) is 12.8. The molecule has 1 atom stereocenters. The molecular formula is C6H11NO2. The van der Waals surface area contributed by atoms with E-state index in [2.05, 4.69) is 16.8 Å². The summed E-state index contributed by atoms with van der Waals surface area (Å²) in [6.45, 7) is 7.33. The van der Waals surface area contributed by atoms with Gasteiger partial charge in [0, 0.05) is 0 Å². The average molecular weight is 129 g/mol. The quantitative estimate of drug-likeness (QED) is 0.330. The number of hydrogen-bond donors (Lipinski definition) is 0. The summed E-state index contributed by atoms with van der Waals surface area (Å²) in [5.74, 6) is 0.250. The first-order valence-electron chi connectivity index (χ1n) is 2.83. The fourth-order valence-electron chi connectivity index (χ4n) is 0.487. The SMILES string of the molecule is C=CC(ON=O)C(C)C. The third-order valence-electron chi connectivity index (χ3n) is 1.05. The highest BCUT2D eigenvalue weighted by molar-refractivity contribution is 4.81. The van der Waals surface area contributed by atoms with Crippen LogP contribution in [0.1, 0.15) is 13.8 Å². The molecule has 3 nitrogen and oxygen atoms in total. The predicted molar refractivity (Wildman–Crippen MR) is 35.7 cm³/mol. The van der Waals surface area contributed by atoms with Gasteiger partial charge in [-0.25, -0.2) is 0 Å². The standard InChI is InChI=1S/C6H11NO2/c1-4-6(5(2)3)9-7-8/h4-6H,1H2,2-3H3. The van der Waals surface area contributed by atoms with Crippen LogP contribution in [0.3, 0.4) is 0 Å². The van der Waals surface area contributed by atoms with Crippen molar-refractivity contribution < 1.29 is 4.84 Å². The van der Waals surface area contributed by atoms with E-state index in [-0.39, 0.29) is 12.0 Å². The number of rotatable bonds is 4. The van der Waals surface area contributed by atoms with E-state index in [0.717, 1.165) is 0 Å². The van der Waals surface area contributed by atoms with Crippen molar-refractivity contribution in [3.8, 4) is 0 Å². The average Bonchev–Trinajstić information content (AvgIpc) is 1.82. The molecule has 0 radical (unpaired) electrons. The van der Waals surface area contributed by atoms with E-state index >= 15 is 0 Å². The molecule has 0 aromatic rings. The van der Waals surface area contributed by atoms with Crippen LogP contribution in [0.4, 0.5) is 0 Å². The Morgan fingerprint density at radius 2 is 2.22 bits per heavy atom. The Morgan fingerprint density at radius 3 is 2.33 bits per heavy atom. The van der Waals surface area contributed by atoms with E-state index in [0.29, 0.717) is 0 Å². The Kier molecular flexibility index (Phi) is 3.67. The first kappa shape index (κ1) is 8.14. The minimum atomic E-state index is -0.248. The third kappa shape index (κ3) is 2.85. The number of nitrogens with zero attached hydrogens (tertiary/aromatic N) is 1. The van der Waals surface area contributed by atoms with Crippen LogP contribution >= 0.6 is 0 Å². The lowest BCUT2D eigenvalue weighted by molar-refractivity contribution is 0.0575. The van der Waals surface area contributed by atoms with Crippen molar-refractivity contribution in [2.24, 2.45) is 11.3 Å². The number of hydrogen-bond acceptors (Lipinski definition) is 3. The summed E-state index contributed by atoms with van der Waals surface area (Å²) in [6.07, 6.45) is 1.31. The monoisotopic (exact) mass is 129 g/mol. The first-order chi connectivity index (χ1) is 4.22. The lowest BCUT2D eigenvalue weighted by atomic mass is 10.1.